The molecule has 0 bridgehead atoms. The molecule has 0 unspecified atom stereocenters. The Morgan fingerprint density at radius 3 is 2.88 bits per heavy atom. The lowest BCUT2D eigenvalue weighted by molar-refractivity contribution is 0.459. The van der Waals surface area contributed by atoms with Crippen LogP contribution < -0.4 is 11.1 Å². The molecule has 5 heteroatoms. The number of aliphatic imine (C=N–C) groups is 1. The highest BCUT2D eigenvalue weighted by Crippen LogP contribution is 2.19. The second-order valence-corrected chi connectivity index (χ2v) is 3.32. The summed E-state index contributed by atoms with van der Waals surface area (Å²) in [5, 5.41) is 21.7. The van der Waals surface area contributed by atoms with Crippen molar-refractivity contribution in [3.63, 3.8) is 0 Å². The largest absolute Gasteiger partial charge is 0.508 e. The van der Waals surface area contributed by atoms with Crippen LogP contribution in [0.5, 0.6) is 11.5 Å². The molecule has 0 saturated carbocycles. The molecule has 0 atom stereocenters. The van der Waals surface area contributed by atoms with Gasteiger partial charge < -0.3 is 21.3 Å². The van der Waals surface area contributed by atoms with E-state index in [1.807, 2.05) is 0 Å². The summed E-state index contributed by atoms with van der Waals surface area (Å²) < 4.78 is 0. The highest BCUT2D eigenvalue weighted by molar-refractivity contribution is 5.83. The summed E-state index contributed by atoms with van der Waals surface area (Å²) in [6.07, 6.45) is 1.54. The molecule has 16 heavy (non-hydrogen) atoms. The van der Waals surface area contributed by atoms with Crippen molar-refractivity contribution in [1.29, 1.82) is 0 Å². The van der Waals surface area contributed by atoms with Gasteiger partial charge in [0.25, 0.3) is 0 Å². The monoisotopic (exact) mass is 223 g/mol. The van der Waals surface area contributed by atoms with Gasteiger partial charge in [-0.1, -0.05) is 0 Å². The van der Waals surface area contributed by atoms with E-state index in [1.54, 1.807) is 6.21 Å². The van der Waals surface area contributed by atoms with Crippen LogP contribution in [0.3, 0.4) is 0 Å². The third kappa shape index (κ3) is 4.29. The molecule has 0 aliphatic carbocycles. The first kappa shape index (κ1) is 12.5. The number of benzene rings is 1. The van der Waals surface area contributed by atoms with Crippen molar-refractivity contribution in [3.8, 4) is 11.5 Å². The van der Waals surface area contributed by atoms with Gasteiger partial charge in [-0.05, 0) is 18.2 Å². The van der Waals surface area contributed by atoms with Crippen LogP contribution in [0.15, 0.2) is 23.2 Å². The Labute approximate surface area is 94.6 Å². The highest BCUT2D eigenvalue weighted by Gasteiger charge is 1.98. The molecular formula is C11H17N3O2. The van der Waals surface area contributed by atoms with Crippen molar-refractivity contribution in [2.24, 2.45) is 10.7 Å². The minimum absolute atomic E-state index is 0.108. The van der Waals surface area contributed by atoms with Crippen molar-refractivity contribution in [1.82, 2.24) is 5.32 Å². The average molecular weight is 223 g/mol. The average Bonchev–Trinajstić information content (AvgIpc) is 2.28. The minimum Gasteiger partial charge on any atom is -0.508 e. The van der Waals surface area contributed by atoms with E-state index in [0.29, 0.717) is 18.7 Å². The molecule has 5 nitrogen and oxygen atoms in total. The number of hydrogen-bond donors (Lipinski definition) is 4. The fourth-order valence-electron chi connectivity index (χ4n) is 1.18. The molecule has 0 saturated heterocycles. The summed E-state index contributed by atoms with van der Waals surface area (Å²) >= 11 is 0. The van der Waals surface area contributed by atoms with Crippen LogP contribution in [0.25, 0.3) is 0 Å². The molecule has 1 aromatic carbocycles. The Balaban J connectivity index is 2.40. The lowest BCUT2D eigenvalue weighted by Gasteiger charge is -2.00. The summed E-state index contributed by atoms with van der Waals surface area (Å²) in [5.74, 6) is 0.219. The summed E-state index contributed by atoms with van der Waals surface area (Å²) in [6, 6.07) is 4.32. The molecule has 1 rings (SSSR count). The Hall–Kier alpha value is -1.59. The Morgan fingerprint density at radius 1 is 1.31 bits per heavy atom. The SMILES string of the molecule is NCCNCCN=Cc1cc(O)ccc1O. The Bertz CT molecular complexity index is 353. The second-order valence-electron chi connectivity index (χ2n) is 3.32. The topological polar surface area (TPSA) is 90.9 Å². The van der Waals surface area contributed by atoms with Gasteiger partial charge in [0.2, 0.25) is 0 Å². The molecular weight excluding hydrogens is 206 g/mol. The van der Waals surface area contributed by atoms with E-state index < -0.39 is 0 Å². The highest BCUT2D eigenvalue weighted by atomic mass is 16.3. The number of rotatable bonds is 6. The van der Waals surface area contributed by atoms with Gasteiger partial charge in [0.15, 0.2) is 0 Å². The fourth-order valence-corrected chi connectivity index (χ4v) is 1.18. The number of phenols is 2. The van der Waals surface area contributed by atoms with Crippen LogP contribution in [-0.4, -0.2) is 42.6 Å². The standard InChI is InChI=1S/C11H17N3O2/c12-3-4-13-5-6-14-8-9-7-10(15)1-2-11(9)16/h1-2,7-8,13,15-16H,3-6,12H2. The van der Waals surface area contributed by atoms with Crippen molar-refractivity contribution in [3.05, 3.63) is 23.8 Å². The van der Waals surface area contributed by atoms with Crippen LogP contribution in [0.4, 0.5) is 0 Å². The van der Waals surface area contributed by atoms with E-state index in [0.717, 1.165) is 13.1 Å². The van der Waals surface area contributed by atoms with E-state index in [2.05, 4.69) is 10.3 Å². The van der Waals surface area contributed by atoms with E-state index in [9.17, 15) is 10.2 Å². The molecule has 0 aliphatic rings. The van der Waals surface area contributed by atoms with Crippen molar-refractivity contribution < 1.29 is 10.2 Å². The third-order valence-electron chi connectivity index (χ3n) is 1.98. The number of hydrogen-bond acceptors (Lipinski definition) is 5. The summed E-state index contributed by atoms with van der Waals surface area (Å²) in [7, 11) is 0. The summed E-state index contributed by atoms with van der Waals surface area (Å²) in [6.45, 7) is 2.73. The van der Waals surface area contributed by atoms with Crippen LogP contribution in [0, 0.1) is 0 Å². The molecule has 5 N–H and O–H groups in total. The van der Waals surface area contributed by atoms with Crippen LogP contribution in [-0.2, 0) is 0 Å². The normalized spacial score (nSPS) is 11.1. The summed E-state index contributed by atoms with van der Waals surface area (Å²) in [5.41, 5.74) is 5.82. The molecule has 88 valence electrons. The lowest BCUT2D eigenvalue weighted by Crippen LogP contribution is -2.24. The molecule has 0 fully saturated rings. The predicted octanol–water partition coefficient (Wildman–Crippen LogP) is 0.0650. The smallest absolute Gasteiger partial charge is 0.124 e. The predicted molar refractivity (Wildman–Crippen MR) is 64.2 cm³/mol. The molecule has 0 spiro atoms. The van der Waals surface area contributed by atoms with E-state index in [-0.39, 0.29) is 11.5 Å². The number of nitrogens with zero attached hydrogens (tertiary/aromatic N) is 1. The van der Waals surface area contributed by atoms with E-state index >= 15 is 0 Å². The van der Waals surface area contributed by atoms with Crippen molar-refractivity contribution in [2.75, 3.05) is 26.2 Å². The zero-order chi connectivity index (χ0) is 11.8. The molecule has 0 heterocycles. The van der Waals surface area contributed by atoms with Crippen molar-refractivity contribution in [2.45, 2.75) is 0 Å². The summed E-state index contributed by atoms with van der Waals surface area (Å²) in [4.78, 5) is 4.12. The Kier molecular flexibility index (Phi) is 5.31. The maximum absolute atomic E-state index is 9.44. The van der Waals surface area contributed by atoms with Crippen molar-refractivity contribution >= 4 is 6.21 Å². The van der Waals surface area contributed by atoms with Crippen LogP contribution in [0.2, 0.25) is 0 Å². The Morgan fingerprint density at radius 2 is 2.12 bits per heavy atom. The van der Waals surface area contributed by atoms with Gasteiger partial charge in [-0.25, -0.2) is 0 Å². The zero-order valence-corrected chi connectivity index (χ0v) is 9.06. The first-order chi connectivity index (χ1) is 7.74. The van der Waals surface area contributed by atoms with Crippen LogP contribution in [0.1, 0.15) is 5.56 Å². The zero-order valence-electron chi connectivity index (χ0n) is 9.06. The first-order valence-corrected chi connectivity index (χ1v) is 5.16. The molecule has 0 radical (unpaired) electrons. The van der Waals surface area contributed by atoms with Gasteiger partial charge in [-0.2, -0.15) is 0 Å². The number of nitrogens with one attached hydrogen (secondary N) is 1. The van der Waals surface area contributed by atoms with Gasteiger partial charge in [-0.15, -0.1) is 0 Å². The number of aromatic hydroxyl groups is 2. The fraction of sp³-hybridized carbons (Fsp3) is 0.364. The van der Waals surface area contributed by atoms with Gasteiger partial charge >= 0.3 is 0 Å². The second kappa shape index (κ2) is 6.81. The van der Waals surface area contributed by atoms with Gasteiger partial charge in [-0.3, -0.25) is 4.99 Å². The molecule has 0 aliphatic heterocycles. The van der Waals surface area contributed by atoms with Gasteiger partial charge in [0.05, 0.1) is 6.54 Å². The van der Waals surface area contributed by atoms with Gasteiger partial charge in [0, 0.05) is 31.4 Å². The first-order valence-electron chi connectivity index (χ1n) is 5.16. The van der Waals surface area contributed by atoms with Gasteiger partial charge in [0.1, 0.15) is 11.5 Å². The van der Waals surface area contributed by atoms with E-state index in [1.165, 1.54) is 18.2 Å². The maximum Gasteiger partial charge on any atom is 0.124 e. The minimum atomic E-state index is 0.108. The third-order valence-corrected chi connectivity index (χ3v) is 1.98. The lowest BCUT2D eigenvalue weighted by atomic mass is 10.2. The maximum atomic E-state index is 9.44. The van der Waals surface area contributed by atoms with Crippen LogP contribution >= 0.6 is 0 Å². The molecule has 1 aromatic rings. The molecule has 0 amide bonds. The number of nitrogens with two attached hydrogens (primary N) is 1. The van der Waals surface area contributed by atoms with E-state index in [4.69, 9.17) is 5.73 Å². The number of phenolic OH excluding ortho intramolecular Hbond substituents is 2. The molecule has 0 aromatic heterocycles. The quantitative estimate of drug-likeness (QED) is 0.312.